The minimum Gasteiger partial charge on any atom is -0.380 e. The van der Waals surface area contributed by atoms with Crippen molar-refractivity contribution in [3.05, 3.63) is 59.8 Å². The van der Waals surface area contributed by atoms with Gasteiger partial charge < -0.3 is 15.2 Å². The first-order valence-corrected chi connectivity index (χ1v) is 9.95. The van der Waals surface area contributed by atoms with Crippen LogP contribution in [0.4, 0.5) is 5.69 Å². The van der Waals surface area contributed by atoms with Crippen LogP contribution < -0.4 is 10.9 Å². The highest BCUT2D eigenvalue weighted by molar-refractivity contribution is 5.87. The van der Waals surface area contributed by atoms with Crippen molar-refractivity contribution >= 4 is 11.6 Å². The molecule has 0 unspecified atom stereocenters. The minimum absolute atomic E-state index is 0.0616. The number of H-pyrrole nitrogens is 1. The van der Waals surface area contributed by atoms with Crippen LogP contribution in [0.3, 0.4) is 0 Å². The molecule has 0 spiro atoms. The van der Waals surface area contributed by atoms with Gasteiger partial charge in [-0.25, -0.2) is 0 Å². The van der Waals surface area contributed by atoms with Crippen LogP contribution in [-0.2, 0) is 4.79 Å². The number of hydrogen-bond donors (Lipinski definition) is 2. The van der Waals surface area contributed by atoms with Gasteiger partial charge in [-0.15, -0.1) is 0 Å². The molecule has 1 saturated carbocycles. The molecule has 6 nitrogen and oxygen atoms in total. The van der Waals surface area contributed by atoms with Crippen molar-refractivity contribution in [3.63, 3.8) is 0 Å². The predicted molar refractivity (Wildman–Crippen MR) is 112 cm³/mol. The van der Waals surface area contributed by atoms with Crippen molar-refractivity contribution in [1.82, 2.24) is 14.9 Å². The van der Waals surface area contributed by atoms with Crippen molar-refractivity contribution in [2.24, 2.45) is 5.92 Å². The molecule has 3 heterocycles. The largest absolute Gasteiger partial charge is 0.380 e. The number of rotatable bonds is 5. The van der Waals surface area contributed by atoms with Gasteiger partial charge >= 0.3 is 0 Å². The van der Waals surface area contributed by atoms with E-state index in [1.807, 2.05) is 23.1 Å². The first-order chi connectivity index (χ1) is 13.7. The second-order valence-electron chi connectivity index (χ2n) is 7.28. The number of likely N-dealkylation sites (tertiary alicyclic amines) is 1. The quantitative estimate of drug-likeness (QED) is 0.779. The molecule has 148 valence electrons. The molecule has 1 saturated heterocycles. The molecule has 6 heteroatoms. The summed E-state index contributed by atoms with van der Waals surface area (Å²) in [7, 11) is 0. The number of hydrogen-bond acceptors (Lipinski definition) is 4. The Hall–Kier alpha value is -2.89. The monoisotopic (exact) mass is 380 g/mol. The molecule has 1 aliphatic heterocycles. The summed E-state index contributed by atoms with van der Waals surface area (Å²) < 4.78 is 0. The Balaban J connectivity index is 0.000000192. The van der Waals surface area contributed by atoms with Crippen LogP contribution in [0, 0.1) is 5.92 Å². The summed E-state index contributed by atoms with van der Waals surface area (Å²) in [6.07, 6.45) is 12.7. The zero-order valence-electron chi connectivity index (χ0n) is 16.2. The SMILES string of the molecule is C=CC(=O)N1CCCCC1.O=c1[nH]cc(-c2ccncc2)cc1NCC1CC1. The molecule has 4 rings (SSSR count). The summed E-state index contributed by atoms with van der Waals surface area (Å²) >= 11 is 0. The average molecular weight is 380 g/mol. The number of carbonyl (C=O) groups excluding carboxylic acids is 1. The standard InChI is InChI=1S/C14H15N3O.C8H13NO/c18-14-13(16-8-10-1-2-10)7-12(9-17-14)11-3-5-15-6-4-11;1-2-8(10)9-6-4-3-5-7-9/h3-7,9-10,16H,1-2,8H2,(H,17,18);2H,1,3-7H2. The van der Waals surface area contributed by atoms with E-state index in [1.54, 1.807) is 18.6 Å². The Morgan fingerprint density at radius 2 is 1.93 bits per heavy atom. The lowest BCUT2D eigenvalue weighted by Crippen LogP contribution is -2.34. The van der Waals surface area contributed by atoms with Gasteiger partial charge in [-0.2, -0.15) is 0 Å². The molecule has 0 radical (unpaired) electrons. The van der Waals surface area contributed by atoms with E-state index in [9.17, 15) is 9.59 Å². The van der Waals surface area contributed by atoms with Crippen LogP contribution in [0.1, 0.15) is 32.1 Å². The number of anilines is 1. The van der Waals surface area contributed by atoms with E-state index in [0.717, 1.165) is 49.5 Å². The lowest BCUT2D eigenvalue weighted by atomic mass is 10.1. The van der Waals surface area contributed by atoms with Crippen LogP contribution in [0.5, 0.6) is 0 Å². The van der Waals surface area contributed by atoms with Crippen molar-refractivity contribution in [2.45, 2.75) is 32.1 Å². The summed E-state index contributed by atoms with van der Waals surface area (Å²) in [5, 5.41) is 3.23. The van der Waals surface area contributed by atoms with Gasteiger partial charge in [-0.05, 0) is 67.9 Å². The van der Waals surface area contributed by atoms with Gasteiger partial charge in [0.05, 0.1) is 0 Å². The molecule has 0 bridgehead atoms. The third-order valence-corrected chi connectivity index (χ3v) is 5.04. The van der Waals surface area contributed by atoms with Crippen LogP contribution in [0.15, 0.2) is 54.2 Å². The number of nitrogens with one attached hydrogen (secondary N) is 2. The van der Waals surface area contributed by atoms with Crippen molar-refractivity contribution < 1.29 is 4.79 Å². The molecule has 2 fully saturated rings. The van der Waals surface area contributed by atoms with Crippen LogP contribution in [0.25, 0.3) is 11.1 Å². The number of nitrogens with zero attached hydrogens (tertiary/aromatic N) is 2. The van der Waals surface area contributed by atoms with Gasteiger partial charge in [0, 0.05) is 43.8 Å². The fourth-order valence-corrected chi connectivity index (χ4v) is 3.15. The lowest BCUT2D eigenvalue weighted by Gasteiger charge is -2.25. The molecule has 2 aromatic heterocycles. The predicted octanol–water partition coefficient (Wildman–Crippen LogP) is 3.44. The molecule has 0 aromatic carbocycles. The maximum atomic E-state index is 11.7. The summed E-state index contributed by atoms with van der Waals surface area (Å²) in [5.74, 6) is 0.827. The number of carbonyl (C=O) groups is 1. The van der Waals surface area contributed by atoms with E-state index >= 15 is 0 Å². The maximum Gasteiger partial charge on any atom is 0.271 e. The van der Waals surface area contributed by atoms with E-state index in [1.165, 1.54) is 25.3 Å². The molecular formula is C22H28N4O2. The van der Waals surface area contributed by atoms with Crippen LogP contribution in [0.2, 0.25) is 0 Å². The zero-order chi connectivity index (χ0) is 19.8. The smallest absolute Gasteiger partial charge is 0.271 e. The first-order valence-electron chi connectivity index (χ1n) is 9.95. The molecule has 2 aliphatic rings. The Kier molecular flexibility index (Phi) is 7.00. The minimum atomic E-state index is -0.0616. The number of pyridine rings is 2. The van der Waals surface area contributed by atoms with Crippen molar-refractivity contribution in [2.75, 3.05) is 25.0 Å². The van der Waals surface area contributed by atoms with Crippen LogP contribution in [-0.4, -0.2) is 40.4 Å². The van der Waals surface area contributed by atoms with Crippen LogP contribution >= 0.6 is 0 Å². The van der Waals surface area contributed by atoms with E-state index in [2.05, 4.69) is 21.9 Å². The molecular weight excluding hydrogens is 352 g/mol. The average Bonchev–Trinajstić information content (AvgIpc) is 3.59. The van der Waals surface area contributed by atoms with Crippen molar-refractivity contribution in [3.8, 4) is 11.1 Å². The van der Waals surface area contributed by atoms with Crippen molar-refractivity contribution in [1.29, 1.82) is 0 Å². The third kappa shape index (κ3) is 5.81. The van der Waals surface area contributed by atoms with Gasteiger partial charge in [0.25, 0.3) is 5.56 Å². The van der Waals surface area contributed by atoms with E-state index in [4.69, 9.17) is 0 Å². The molecule has 2 N–H and O–H groups in total. The van der Waals surface area contributed by atoms with Gasteiger partial charge in [0.15, 0.2) is 0 Å². The maximum absolute atomic E-state index is 11.7. The highest BCUT2D eigenvalue weighted by atomic mass is 16.2. The van der Waals surface area contributed by atoms with Gasteiger partial charge in [-0.3, -0.25) is 14.6 Å². The normalized spacial score (nSPS) is 15.9. The van der Waals surface area contributed by atoms with Gasteiger partial charge in [-0.1, -0.05) is 6.58 Å². The summed E-state index contributed by atoms with van der Waals surface area (Å²) in [6, 6.07) is 5.76. The third-order valence-electron chi connectivity index (χ3n) is 5.04. The highest BCUT2D eigenvalue weighted by Gasteiger charge is 2.21. The summed E-state index contributed by atoms with van der Waals surface area (Å²) in [6.45, 7) is 6.18. The van der Waals surface area contributed by atoms with E-state index in [-0.39, 0.29) is 11.5 Å². The summed E-state index contributed by atoms with van der Waals surface area (Å²) in [5.41, 5.74) is 2.63. The number of amides is 1. The lowest BCUT2D eigenvalue weighted by molar-refractivity contribution is -0.126. The second kappa shape index (κ2) is 9.88. The number of aromatic amines is 1. The topological polar surface area (TPSA) is 78.1 Å². The molecule has 2 aromatic rings. The Bertz CT molecular complexity index is 837. The second-order valence-corrected chi connectivity index (χ2v) is 7.28. The Morgan fingerprint density at radius 1 is 1.21 bits per heavy atom. The molecule has 0 atom stereocenters. The van der Waals surface area contributed by atoms with Gasteiger partial charge in [0.1, 0.15) is 5.69 Å². The Labute approximate surface area is 165 Å². The van der Waals surface area contributed by atoms with Gasteiger partial charge in [0.2, 0.25) is 5.91 Å². The van der Waals surface area contributed by atoms with E-state index < -0.39 is 0 Å². The zero-order valence-corrected chi connectivity index (χ0v) is 16.2. The Morgan fingerprint density at radius 3 is 2.57 bits per heavy atom. The molecule has 1 aliphatic carbocycles. The number of aromatic nitrogens is 2. The first kappa shape index (κ1) is 19.9. The fraction of sp³-hybridized carbons (Fsp3) is 0.409. The molecule has 1 amide bonds. The highest BCUT2D eigenvalue weighted by Crippen LogP contribution is 2.28. The summed E-state index contributed by atoms with van der Waals surface area (Å²) in [4.78, 5) is 31.3. The van der Waals surface area contributed by atoms with E-state index in [0.29, 0.717) is 5.69 Å². The number of piperidine rings is 1. The molecule has 28 heavy (non-hydrogen) atoms. The fourth-order valence-electron chi connectivity index (χ4n) is 3.15.